The summed E-state index contributed by atoms with van der Waals surface area (Å²) in [5.41, 5.74) is 0. The van der Waals surface area contributed by atoms with Crippen LogP contribution in [-0.4, -0.2) is 12.2 Å². The molecule has 0 amide bonds. The van der Waals surface area contributed by atoms with Crippen molar-refractivity contribution < 1.29 is 8.37 Å². The predicted molar refractivity (Wildman–Crippen MR) is 108 cm³/mol. The minimum absolute atomic E-state index is 0.390. The Morgan fingerprint density at radius 3 is 1.38 bits per heavy atom. The van der Waals surface area contributed by atoms with Crippen LogP contribution in [0.5, 0.6) is 0 Å². The second-order valence-electron chi connectivity index (χ2n) is 9.06. The van der Waals surface area contributed by atoms with Crippen LogP contribution < -0.4 is 0 Å². The summed E-state index contributed by atoms with van der Waals surface area (Å²) < 4.78 is 12.4. The monoisotopic (exact) mass is 374 g/mol. The fourth-order valence-electron chi connectivity index (χ4n) is 4.58. The molecule has 0 saturated heterocycles. The van der Waals surface area contributed by atoms with Crippen molar-refractivity contribution in [2.45, 2.75) is 92.3 Å². The van der Waals surface area contributed by atoms with E-state index in [2.05, 4.69) is 41.5 Å². The fraction of sp³-hybridized carbons (Fsp3) is 1.00. The van der Waals surface area contributed by atoms with Crippen LogP contribution in [0.4, 0.5) is 0 Å². The third-order valence-electron chi connectivity index (χ3n) is 6.28. The first-order chi connectivity index (χ1) is 11.4. The van der Waals surface area contributed by atoms with Gasteiger partial charge in [-0.15, -0.1) is 0 Å². The van der Waals surface area contributed by atoms with Crippen LogP contribution >= 0.6 is 22.1 Å². The van der Waals surface area contributed by atoms with E-state index in [4.69, 9.17) is 8.37 Å². The second kappa shape index (κ2) is 10.1. The average Bonchev–Trinajstić information content (AvgIpc) is 2.51. The Morgan fingerprint density at radius 2 is 1.04 bits per heavy atom. The quantitative estimate of drug-likeness (QED) is 0.267. The van der Waals surface area contributed by atoms with Gasteiger partial charge in [-0.05, 0) is 61.2 Å². The van der Waals surface area contributed by atoms with Crippen LogP contribution in [0, 0.1) is 35.5 Å². The average molecular weight is 375 g/mol. The molecular weight excluding hydrogens is 336 g/mol. The molecule has 2 rings (SSSR count). The van der Waals surface area contributed by atoms with Crippen molar-refractivity contribution in [1.29, 1.82) is 0 Å². The van der Waals surface area contributed by atoms with E-state index in [9.17, 15) is 0 Å². The lowest BCUT2D eigenvalue weighted by molar-refractivity contribution is 0.0589. The highest BCUT2D eigenvalue weighted by molar-refractivity contribution is 8.73. The van der Waals surface area contributed by atoms with E-state index < -0.39 is 0 Å². The zero-order chi connectivity index (χ0) is 17.7. The van der Waals surface area contributed by atoms with Crippen LogP contribution in [0.25, 0.3) is 0 Å². The Kier molecular flexibility index (Phi) is 8.79. The predicted octanol–water partition coefficient (Wildman–Crippen LogP) is 7.15. The van der Waals surface area contributed by atoms with Crippen molar-refractivity contribution in [3.63, 3.8) is 0 Å². The van der Waals surface area contributed by atoms with Gasteiger partial charge >= 0.3 is 0 Å². The molecule has 0 heterocycles. The zero-order valence-corrected chi connectivity index (χ0v) is 18.1. The molecule has 0 bridgehead atoms. The first kappa shape index (κ1) is 20.9. The molecule has 0 aromatic carbocycles. The largest absolute Gasteiger partial charge is 0.300 e. The smallest absolute Gasteiger partial charge is 0.0928 e. The summed E-state index contributed by atoms with van der Waals surface area (Å²) in [6.45, 7) is 14.1. The van der Waals surface area contributed by atoms with Gasteiger partial charge in [-0.1, -0.05) is 54.4 Å². The van der Waals surface area contributed by atoms with Gasteiger partial charge in [0.1, 0.15) is 0 Å². The Balaban J connectivity index is 1.76. The van der Waals surface area contributed by atoms with Gasteiger partial charge in [-0.3, -0.25) is 8.37 Å². The van der Waals surface area contributed by atoms with Gasteiger partial charge < -0.3 is 0 Å². The molecule has 2 saturated carbocycles. The van der Waals surface area contributed by atoms with Gasteiger partial charge in [-0.25, -0.2) is 0 Å². The lowest BCUT2D eigenvalue weighted by Crippen LogP contribution is -2.33. The van der Waals surface area contributed by atoms with Gasteiger partial charge in [0.15, 0.2) is 0 Å². The summed E-state index contributed by atoms with van der Waals surface area (Å²) in [6, 6.07) is 0. The van der Waals surface area contributed by atoms with Crippen LogP contribution in [0.3, 0.4) is 0 Å². The molecule has 2 nitrogen and oxygen atoms in total. The molecule has 0 radical (unpaired) electrons. The maximum Gasteiger partial charge on any atom is 0.0928 e. The van der Waals surface area contributed by atoms with Crippen molar-refractivity contribution in [3.8, 4) is 0 Å². The zero-order valence-electron chi connectivity index (χ0n) is 16.5. The Labute approximate surface area is 158 Å². The van der Waals surface area contributed by atoms with E-state index in [1.165, 1.54) is 60.7 Å². The van der Waals surface area contributed by atoms with Gasteiger partial charge in [0.25, 0.3) is 0 Å². The highest BCUT2D eigenvalue weighted by atomic mass is 33.1. The second-order valence-corrected chi connectivity index (χ2v) is 10.5. The Morgan fingerprint density at radius 1 is 0.667 bits per heavy atom. The first-order valence-corrected chi connectivity index (χ1v) is 12.0. The SMILES string of the molecule is CC1CCC(C(C)C)C(OSSOC2CC(C)CCC2C(C)C)C1. The number of hydrogen-bond acceptors (Lipinski definition) is 4. The number of rotatable bonds is 7. The van der Waals surface area contributed by atoms with E-state index in [0.29, 0.717) is 35.9 Å². The van der Waals surface area contributed by atoms with Crippen molar-refractivity contribution in [2.75, 3.05) is 0 Å². The molecular formula is C20H38O2S2. The minimum atomic E-state index is 0.390. The third-order valence-corrected chi connectivity index (χ3v) is 7.62. The van der Waals surface area contributed by atoms with E-state index in [0.717, 1.165) is 11.8 Å². The molecule has 0 spiro atoms. The molecule has 2 aliphatic carbocycles. The fourth-order valence-corrected chi connectivity index (χ4v) is 6.09. The Bertz CT molecular complexity index is 328. The van der Waals surface area contributed by atoms with Crippen LogP contribution in [-0.2, 0) is 8.37 Å². The molecule has 0 aromatic heterocycles. The van der Waals surface area contributed by atoms with Gasteiger partial charge in [-0.2, -0.15) is 0 Å². The molecule has 0 N–H and O–H groups in total. The maximum atomic E-state index is 6.20. The molecule has 6 atom stereocenters. The topological polar surface area (TPSA) is 18.5 Å². The normalized spacial score (nSPS) is 38.0. The lowest BCUT2D eigenvalue weighted by Gasteiger charge is -2.37. The summed E-state index contributed by atoms with van der Waals surface area (Å²) in [4.78, 5) is 0. The maximum absolute atomic E-state index is 6.20. The van der Waals surface area contributed by atoms with Crippen molar-refractivity contribution in [3.05, 3.63) is 0 Å². The molecule has 24 heavy (non-hydrogen) atoms. The molecule has 2 aliphatic rings. The Hall–Kier alpha value is 0.620. The van der Waals surface area contributed by atoms with Gasteiger partial charge in [0.05, 0.1) is 34.4 Å². The number of hydrogen-bond donors (Lipinski definition) is 0. The van der Waals surface area contributed by atoms with Crippen molar-refractivity contribution in [1.82, 2.24) is 0 Å². The van der Waals surface area contributed by atoms with E-state index in [1.807, 2.05) is 0 Å². The minimum Gasteiger partial charge on any atom is -0.300 e. The van der Waals surface area contributed by atoms with Crippen LogP contribution in [0.2, 0.25) is 0 Å². The molecule has 0 aromatic rings. The molecule has 0 aliphatic heterocycles. The van der Waals surface area contributed by atoms with E-state index in [1.54, 1.807) is 0 Å². The summed E-state index contributed by atoms with van der Waals surface area (Å²) >= 11 is 2.97. The molecule has 142 valence electrons. The van der Waals surface area contributed by atoms with Gasteiger partial charge in [0.2, 0.25) is 0 Å². The molecule has 4 heteroatoms. The highest BCUT2D eigenvalue weighted by Gasteiger charge is 2.34. The van der Waals surface area contributed by atoms with Crippen molar-refractivity contribution >= 4 is 22.1 Å². The first-order valence-electron chi connectivity index (χ1n) is 10.0. The van der Waals surface area contributed by atoms with Gasteiger partial charge in [0, 0.05) is 0 Å². The summed E-state index contributed by atoms with van der Waals surface area (Å²) in [5, 5.41) is 0. The van der Waals surface area contributed by atoms with E-state index in [-0.39, 0.29) is 0 Å². The van der Waals surface area contributed by atoms with Crippen LogP contribution in [0.15, 0.2) is 0 Å². The van der Waals surface area contributed by atoms with E-state index >= 15 is 0 Å². The third kappa shape index (κ3) is 6.10. The lowest BCUT2D eigenvalue weighted by atomic mass is 9.75. The van der Waals surface area contributed by atoms with Crippen LogP contribution in [0.1, 0.15) is 80.1 Å². The molecule has 2 fully saturated rings. The summed E-state index contributed by atoms with van der Waals surface area (Å²) in [5.74, 6) is 4.40. The molecule has 6 unspecified atom stereocenters. The summed E-state index contributed by atoms with van der Waals surface area (Å²) in [7, 11) is 0. The highest BCUT2D eigenvalue weighted by Crippen LogP contribution is 2.42. The standard InChI is InChI=1S/C20H38O2S2/c1-13(2)17-9-7-15(5)11-19(17)21-23-24-22-20-12-16(6)8-10-18(20)14(3)4/h13-20H,7-12H2,1-6H3. The van der Waals surface area contributed by atoms with Crippen molar-refractivity contribution in [2.24, 2.45) is 35.5 Å². The summed E-state index contributed by atoms with van der Waals surface area (Å²) in [6.07, 6.45) is 8.51.